The van der Waals surface area contributed by atoms with Gasteiger partial charge in [-0.2, -0.15) is 0 Å². The summed E-state index contributed by atoms with van der Waals surface area (Å²) in [5, 5.41) is 11.0. The van der Waals surface area contributed by atoms with Gasteiger partial charge in [0.2, 0.25) is 10.0 Å². The molecule has 10 heteroatoms. The maximum Gasteiger partial charge on any atom is 0.410 e. The smallest absolute Gasteiger partial charge is 0.410 e. The van der Waals surface area contributed by atoms with Crippen LogP contribution in [0.5, 0.6) is 0 Å². The van der Waals surface area contributed by atoms with Crippen molar-refractivity contribution in [3.8, 4) is 0 Å². The minimum Gasteiger partial charge on any atom is -0.444 e. The van der Waals surface area contributed by atoms with E-state index < -0.39 is 37.2 Å². The zero-order valence-corrected chi connectivity index (χ0v) is 15.5. The summed E-state index contributed by atoms with van der Waals surface area (Å²) in [5.74, 6) is 0. The third-order valence-corrected chi connectivity index (χ3v) is 4.57. The molecule has 0 bridgehead atoms. The number of likely N-dealkylation sites (N-methyl/N-ethyl adjacent to an activating group) is 1. The number of benzene rings is 1. The van der Waals surface area contributed by atoms with Crippen molar-refractivity contribution in [3.63, 3.8) is 0 Å². The zero-order valence-electron chi connectivity index (χ0n) is 14.7. The predicted octanol–water partition coefficient (Wildman–Crippen LogP) is 2.13. The molecular weight excluding hydrogens is 350 g/mol. The van der Waals surface area contributed by atoms with Crippen LogP contribution in [0, 0.1) is 10.1 Å². The molecule has 0 spiro atoms. The number of hydrogen-bond donors (Lipinski definition) is 1. The Balaban J connectivity index is 2.77. The fraction of sp³-hybridized carbons (Fsp3) is 0.533. The number of sulfonamides is 1. The number of ether oxygens (including phenoxy) is 1. The van der Waals surface area contributed by atoms with E-state index in [9.17, 15) is 23.3 Å². The minimum atomic E-state index is -4.07. The Kier molecular flexibility index (Phi) is 6.88. The van der Waals surface area contributed by atoms with Gasteiger partial charge >= 0.3 is 6.09 Å². The molecule has 0 aliphatic rings. The highest BCUT2D eigenvalue weighted by atomic mass is 32.2. The van der Waals surface area contributed by atoms with E-state index in [4.69, 9.17) is 4.74 Å². The van der Waals surface area contributed by atoms with Crippen molar-refractivity contribution in [3.05, 3.63) is 34.4 Å². The van der Waals surface area contributed by atoms with Gasteiger partial charge < -0.3 is 9.64 Å². The molecule has 1 amide bonds. The Bertz CT molecular complexity index is 727. The number of carbonyl (C=O) groups excluding carboxylic acids is 1. The van der Waals surface area contributed by atoms with Crippen molar-refractivity contribution in [2.75, 3.05) is 19.6 Å². The van der Waals surface area contributed by atoms with Gasteiger partial charge in [0.05, 0.1) is 4.92 Å². The molecule has 1 aromatic rings. The van der Waals surface area contributed by atoms with Crippen molar-refractivity contribution in [1.29, 1.82) is 0 Å². The van der Waals surface area contributed by atoms with Crippen LogP contribution in [0.2, 0.25) is 0 Å². The number of nitro groups is 1. The summed E-state index contributed by atoms with van der Waals surface area (Å²) < 4.78 is 32.1. The summed E-state index contributed by atoms with van der Waals surface area (Å²) in [7, 11) is -4.07. The molecule has 1 rings (SSSR count). The normalized spacial score (nSPS) is 11.8. The predicted molar refractivity (Wildman–Crippen MR) is 91.8 cm³/mol. The number of amides is 1. The lowest BCUT2D eigenvalue weighted by atomic mass is 10.2. The van der Waals surface area contributed by atoms with Gasteiger partial charge in [-0.25, -0.2) is 17.9 Å². The molecule has 9 nitrogen and oxygen atoms in total. The molecule has 140 valence electrons. The summed E-state index contributed by atoms with van der Waals surface area (Å²) >= 11 is 0. The van der Waals surface area contributed by atoms with Gasteiger partial charge in [-0.05, 0) is 33.8 Å². The number of para-hydroxylation sites is 1. The molecule has 0 unspecified atom stereocenters. The standard InChI is InChI=1S/C15H23N3O6S/c1-5-17(14(19)24-15(2,3)4)11-10-16-25(22,23)13-9-7-6-8-12(13)18(20)21/h6-9,16H,5,10-11H2,1-4H3. The molecule has 0 aliphatic carbocycles. The highest BCUT2D eigenvalue weighted by molar-refractivity contribution is 7.89. The van der Waals surface area contributed by atoms with E-state index in [2.05, 4.69) is 4.72 Å². The van der Waals surface area contributed by atoms with Gasteiger partial charge in [-0.3, -0.25) is 10.1 Å². The molecule has 25 heavy (non-hydrogen) atoms. The van der Waals surface area contributed by atoms with Crippen LogP contribution in [-0.4, -0.2) is 49.6 Å². The Hall–Kier alpha value is -2.20. The van der Waals surface area contributed by atoms with Gasteiger partial charge in [0.1, 0.15) is 5.60 Å². The minimum absolute atomic E-state index is 0.0747. The molecule has 1 N–H and O–H groups in total. The van der Waals surface area contributed by atoms with E-state index >= 15 is 0 Å². The van der Waals surface area contributed by atoms with Crippen LogP contribution in [0.3, 0.4) is 0 Å². The van der Waals surface area contributed by atoms with E-state index in [1.165, 1.54) is 17.0 Å². The van der Waals surface area contributed by atoms with Crippen molar-refractivity contribution in [2.24, 2.45) is 0 Å². The van der Waals surface area contributed by atoms with Gasteiger partial charge in [0.15, 0.2) is 4.90 Å². The maximum absolute atomic E-state index is 12.3. The van der Waals surface area contributed by atoms with Gasteiger partial charge in [0.25, 0.3) is 5.69 Å². The largest absolute Gasteiger partial charge is 0.444 e. The summed E-state index contributed by atoms with van der Waals surface area (Å²) in [6, 6.07) is 5.07. The van der Waals surface area contributed by atoms with E-state index in [1.54, 1.807) is 27.7 Å². The van der Waals surface area contributed by atoms with Crippen LogP contribution in [0.1, 0.15) is 27.7 Å². The topological polar surface area (TPSA) is 119 Å². The number of carbonyl (C=O) groups is 1. The number of nitrogens with zero attached hydrogens (tertiary/aromatic N) is 2. The molecule has 0 atom stereocenters. The highest BCUT2D eigenvalue weighted by Crippen LogP contribution is 2.22. The van der Waals surface area contributed by atoms with Crippen LogP contribution in [0.15, 0.2) is 29.2 Å². The lowest BCUT2D eigenvalue weighted by Gasteiger charge is -2.26. The first-order valence-corrected chi connectivity index (χ1v) is 9.17. The molecule has 0 aliphatic heterocycles. The monoisotopic (exact) mass is 373 g/mol. The number of nitro benzene ring substituents is 1. The second-order valence-electron chi connectivity index (χ2n) is 6.18. The fourth-order valence-electron chi connectivity index (χ4n) is 1.93. The lowest BCUT2D eigenvalue weighted by molar-refractivity contribution is -0.387. The second-order valence-corrected chi connectivity index (χ2v) is 7.92. The van der Waals surface area contributed by atoms with Crippen LogP contribution in [-0.2, 0) is 14.8 Å². The molecule has 0 saturated heterocycles. The Morgan fingerprint density at radius 1 is 1.32 bits per heavy atom. The Morgan fingerprint density at radius 3 is 2.44 bits per heavy atom. The fourth-order valence-corrected chi connectivity index (χ4v) is 3.12. The third kappa shape index (κ3) is 6.31. The molecule has 1 aromatic carbocycles. The van der Waals surface area contributed by atoms with Crippen LogP contribution in [0.4, 0.5) is 10.5 Å². The van der Waals surface area contributed by atoms with E-state index in [0.717, 1.165) is 12.1 Å². The molecule has 0 aromatic heterocycles. The summed E-state index contributed by atoms with van der Waals surface area (Å²) in [4.78, 5) is 23.1. The van der Waals surface area contributed by atoms with Gasteiger partial charge in [-0.15, -0.1) is 0 Å². The molecule has 0 radical (unpaired) electrons. The molecule has 0 fully saturated rings. The first-order valence-electron chi connectivity index (χ1n) is 7.69. The van der Waals surface area contributed by atoms with Gasteiger partial charge in [-0.1, -0.05) is 12.1 Å². The van der Waals surface area contributed by atoms with E-state index in [-0.39, 0.29) is 13.1 Å². The van der Waals surface area contributed by atoms with Crippen LogP contribution >= 0.6 is 0 Å². The van der Waals surface area contributed by atoms with Crippen LogP contribution < -0.4 is 4.72 Å². The number of rotatable bonds is 7. The lowest BCUT2D eigenvalue weighted by Crippen LogP contribution is -2.41. The summed E-state index contributed by atoms with van der Waals surface area (Å²) in [6.45, 7) is 7.25. The zero-order chi connectivity index (χ0) is 19.3. The second kappa shape index (κ2) is 8.26. The van der Waals surface area contributed by atoms with E-state index in [0.29, 0.717) is 6.54 Å². The summed E-state index contributed by atoms with van der Waals surface area (Å²) in [5.41, 5.74) is -1.16. The maximum atomic E-state index is 12.3. The number of nitrogens with one attached hydrogen (secondary N) is 1. The average molecular weight is 373 g/mol. The molecule has 0 saturated carbocycles. The van der Waals surface area contributed by atoms with Crippen LogP contribution in [0.25, 0.3) is 0 Å². The Morgan fingerprint density at radius 2 is 1.92 bits per heavy atom. The van der Waals surface area contributed by atoms with Gasteiger partial charge in [0, 0.05) is 25.7 Å². The van der Waals surface area contributed by atoms with Crippen molar-refractivity contribution in [2.45, 2.75) is 38.2 Å². The van der Waals surface area contributed by atoms with Crippen molar-refractivity contribution < 1.29 is 22.9 Å². The third-order valence-electron chi connectivity index (χ3n) is 3.06. The number of hydrogen-bond acceptors (Lipinski definition) is 6. The first kappa shape index (κ1) is 20.8. The quantitative estimate of drug-likeness (QED) is 0.578. The Labute approximate surface area is 147 Å². The average Bonchev–Trinajstić information content (AvgIpc) is 2.49. The highest BCUT2D eigenvalue weighted by Gasteiger charge is 2.26. The molecular formula is C15H23N3O6S. The van der Waals surface area contributed by atoms with E-state index in [1.807, 2.05) is 0 Å². The van der Waals surface area contributed by atoms with Crippen molar-refractivity contribution >= 4 is 21.8 Å². The summed E-state index contributed by atoms with van der Waals surface area (Å²) in [6.07, 6.45) is -0.556. The van der Waals surface area contributed by atoms with Crippen molar-refractivity contribution in [1.82, 2.24) is 9.62 Å². The molecule has 0 heterocycles. The first-order chi connectivity index (χ1) is 11.5. The SMILES string of the molecule is CCN(CCNS(=O)(=O)c1ccccc1[N+](=O)[O-])C(=O)OC(C)(C)C.